The molecule has 0 amide bonds. The molecule has 1 N–H and O–H groups in total. The van der Waals surface area contributed by atoms with Crippen molar-refractivity contribution in [2.75, 3.05) is 0 Å². The van der Waals surface area contributed by atoms with Crippen LogP contribution in [-0.4, -0.2) is 4.89 Å². The van der Waals surface area contributed by atoms with E-state index in [1.54, 1.807) is 12.1 Å². The summed E-state index contributed by atoms with van der Waals surface area (Å²) in [5.41, 5.74) is 0. The Kier molecular flexibility index (Phi) is 2.47. The number of benzene rings is 2. The fourth-order valence-electron chi connectivity index (χ4n) is 1.59. The topological polar surface area (TPSA) is 37.3 Å². The first-order valence-electron chi connectivity index (χ1n) is 4.59. The van der Waals surface area contributed by atoms with Crippen LogP contribution >= 0.6 is 7.37 Å². The third-order valence-corrected chi connectivity index (χ3v) is 3.93. The highest BCUT2D eigenvalue weighted by molar-refractivity contribution is 7.69. The fraction of sp³-hybridized carbons (Fsp3) is 0. The van der Waals surface area contributed by atoms with Gasteiger partial charge in [-0.15, -0.1) is 0 Å². The molecule has 76 valence electrons. The zero-order valence-electron chi connectivity index (χ0n) is 8.13. The van der Waals surface area contributed by atoms with Gasteiger partial charge in [0.25, 0.3) is 7.37 Å². The maximum atomic E-state index is 11.8. The minimum Gasteiger partial charge on any atom is -0.338 e. The first kappa shape index (κ1) is 10.2. The van der Waals surface area contributed by atoms with E-state index in [1.807, 2.05) is 30.3 Å². The van der Waals surface area contributed by atoms with Gasteiger partial charge in [0.2, 0.25) is 0 Å². The van der Waals surface area contributed by atoms with E-state index in [-0.39, 0.29) is 0 Å². The summed E-state index contributed by atoms with van der Waals surface area (Å²) in [5, 5.41) is 2.23. The highest BCUT2D eigenvalue weighted by Gasteiger charge is 2.18. The monoisotopic (exact) mass is 218 g/mol. The Morgan fingerprint density at radius 2 is 1.80 bits per heavy atom. The molecule has 2 aromatic rings. The third-order valence-electron chi connectivity index (χ3n) is 2.36. The standard InChI is InChI=1S/C12H11O2P/c1-2-15(13,14)12-9-5-7-10-6-3-4-8-11(10)12/h2-9H,1H2,(H,13,14). The van der Waals surface area contributed by atoms with Crippen molar-refractivity contribution >= 4 is 23.4 Å². The lowest BCUT2D eigenvalue weighted by Gasteiger charge is -2.09. The Hall–Kier alpha value is -1.37. The average Bonchev–Trinajstić information content (AvgIpc) is 2.28. The lowest BCUT2D eigenvalue weighted by Crippen LogP contribution is -2.03. The van der Waals surface area contributed by atoms with Gasteiger partial charge in [0, 0.05) is 5.30 Å². The third kappa shape index (κ3) is 1.74. The first-order chi connectivity index (χ1) is 7.15. The van der Waals surface area contributed by atoms with Gasteiger partial charge in [0.05, 0.1) is 0 Å². The van der Waals surface area contributed by atoms with Crippen LogP contribution in [-0.2, 0) is 4.57 Å². The lowest BCUT2D eigenvalue weighted by molar-refractivity contribution is 0.500. The molecular formula is C12H11O2P. The van der Waals surface area contributed by atoms with Crippen molar-refractivity contribution in [2.45, 2.75) is 0 Å². The number of fused-ring (bicyclic) bond motifs is 1. The van der Waals surface area contributed by atoms with Crippen molar-refractivity contribution in [2.24, 2.45) is 0 Å². The van der Waals surface area contributed by atoms with Crippen LogP contribution in [0.5, 0.6) is 0 Å². The van der Waals surface area contributed by atoms with Gasteiger partial charge in [-0.1, -0.05) is 43.0 Å². The average molecular weight is 218 g/mol. The maximum Gasteiger partial charge on any atom is 0.251 e. The Morgan fingerprint density at radius 1 is 1.13 bits per heavy atom. The van der Waals surface area contributed by atoms with Gasteiger partial charge in [0.1, 0.15) is 0 Å². The molecule has 0 aliphatic carbocycles. The van der Waals surface area contributed by atoms with Gasteiger partial charge in [-0.2, -0.15) is 0 Å². The number of hydrogen-bond donors (Lipinski definition) is 1. The predicted octanol–water partition coefficient (Wildman–Crippen LogP) is 2.88. The van der Waals surface area contributed by atoms with E-state index in [0.29, 0.717) is 5.30 Å². The first-order valence-corrected chi connectivity index (χ1v) is 6.32. The van der Waals surface area contributed by atoms with Crippen LogP contribution in [0.25, 0.3) is 10.8 Å². The summed E-state index contributed by atoms with van der Waals surface area (Å²) in [4.78, 5) is 9.73. The Labute approximate surface area is 88.3 Å². The van der Waals surface area contributed by atoms with E-state index in [4.69, 9.17) is 0 Å². The molecule has 0 bridgehead atoms. The van der Waals surface area contributed by atoms with Crippen LogP contribution in [0.15, 0.2) is 54.9 Å². The van der Waals surface area contributed by atoms with Crippen LogP contribution in [0, 0.1) is 0 Å². The molecule has 0 aliphatic rings. The van der Waals surface area contributed by atoms with E-state index >= 15 is 0 Å². The van der Waals surface area contributed by atoms with E-state index in [0.717, 1.165) is 16.6 Å². The van der Waals surface area contributed by atoms with Crippen LogP contribution in [0.3, 0.4) is 0 Å². The second-order valence-corrected chi connectivity index (χ2v) is 5.40. The van der Waals surface area contributed by atoms with Crippen molar-refractivity contribution < 1.29 is 9.46 Å². The second kappa shape index (κ2) is 3.65. The molecule has 0 saturated heterocycles. The quantitative estimate of drug-likeness (QED) is 0.787. The molecule has 3 heteroatoms. The zero-order valence-corrected chi connectivity index (χ0v) is 9.02. The van der Waals surface area contributed by atoms with Crippen LogP contribution in [0.4, 0.5) is 0 Å². The molecule has 0 aliphatic heterocycles. The maximum absolute atomic E-state index is 11.8. The number of hydrogen-bond acceptors (Lipinski definition) is 1. The molecule has 0 heterocycles. The molecule has 0 spiro atoms. The van der Waals surface area contributed by atoms with Crippen LogP contribution in [0.2, 0.25) is 0 Å². The predicted molar refractivity (Wildman–Crippen MR) is 63.6 cm³/mol. The van der Waals surface area contributed by atoms with Gasteiger partial charge in [-0.05, 0) is 22.7 Å². The summed E-state index contributed by atoms with van der Waals surface area (Å²) < 4.78 is 11.8. The van der Waals surface area contributed by atoms with Gasteiger partial charge in [-0.3, -0.25) is 4.57 Å². The smallest absolute Gasteiger partial charge is 0.251 e. The van der Waals surface area contributed by atoms with Crippen LogP contribution < -0.4 is 5.30 Å². The molecule has 2 nitrogen and oxygen atoms in total. The van der Waals surface area contributed by atoms with Crippen molar-refractivity contribution in [3.05, 3.63) is 54.9 Å². The summed E-state index contributed by atoms with van der Waals surface area (Å²) in [5.74, 6) is 1.12. The molecule has 0 fully saturated rings. The molecule has 0 aromatic heterocycles. The zero-order chi connectivity index (χ0) is 10.9. The normalized spacial score (nSPS) is 14.7. The Bertz CT molecular complexity index is 555. The molecule has 2 rings (SSSR count). The summed E-state index contributed by atoms with van der Waals surface area (Å²) >= 11 is 0. The minimum atomic E-state index is -3.41. The van der Waals surface area contributed by atoms with E-state index < -0.39 is 7.37 Å². The highest BCUT2D eigenvalue weighted by Crippen LogP contribution is 2.42. The van der Waals surface area contributed by atoms with E-state index in [2.05, 4.69) is 6.58 Å². The Balaban J connectivity index is 2.82. The summed E-state index contributed by atoms with van der Waals surface area (Å²) in [6.45, 7) is 3.40. The van der Waals surface area contributed by atoms with Crippen LogP contribution in [0.1, 0.15) is 0 Å². The molecular weight excluding hydrogens is 207 g/mol. The SMILES string of the molecule is C=CP(=O)(O)c1cccc2ccccc12. The summed E-state index contributed by atoms with van der Waals surface area (Å²) in [7, 11) is -3.41. The second-order valence-electron chi connectivity index (χ2n) is 3.30. The van der Waals surface area contributed by atoms with E-state index in [9.17, 15) is 9.46 Å². The largest absolute Gasteiger partial charge is 0.338 e. The van der Waals surface area contributed by atoms with Gasteiger partial charge in [-0.25, -0.2) is 0 Å². The lowest BCUT2D eigenvalue weighted by atomic mass is 10.1. The molecule has 1 atom stereocenters. The summed E-state index contributed by atoms with van der Waals surface area (Å²) in [6.07, 6.45) is 0. The molecule has 1 unspecified atom stereocenters. The number of rotatable bonds is 2. The van der Waals surface area contributed by atoms with Gasteiger partial charge in [0.15, 0.2) is 0 Å². The van der Waals surface area contributed by atoms with Crippen molar-refractivity contribution in [3.8, 4) is 0 Å². The molecule has 15 heavy (non-hydrogen) atoms. The van der Waals surface area contributed by atoms with Gasteiger partial charge < -0.3 is 4.89 Å². The minimum absolute atomic E-state index is 0.454. The van der Waals surface area contributed by atoms with Crippen molar-refractivity contribution in [1.29, 1.82) is 0 Å². The van der Waals surface area contributed by atoms with Crippen molar-refractivity contribution in [3.63, 3.8) is 0 Å². The highest BCUT2D eigenvalue weighted by atomic mass is 31.2. The molecule has 0 saturated carbocycles. The molecule has 2 aromatic carbocycles. The fourth-order valence-corrected chi connectivity index (χ4v) is 2.63. The Morgan fingerprint density at radius 3 is 2.53 bits per heavy atom. The van der Waals surface area contributed by atoms with Crippen molar-refractivity contribution in [1.82, 2.24) is 0 Å². The van der Waals surface area contributed by atoms with Gasteiger partial charge >= 0.3 is 0 Å². The summed E-state index contributed by atoms with van der Waals surface area (Å²) in [6, 6.07) is 12.9. The molecule has 0 radical (unpaired) electrons. The van der Waals surface area contributed by atoms with E-state index in [1.165, 1.54) is 0 Å².